The molecule has 1 atom stereocenters. The van der Waals surface area contributed by atoms with E-state index in [1.807, 2.05) is 28.2 Å². The summed E-state index contributed by atoms with van der Waals surface area (Å²) in [5, 5.41) is 15.8. The van der Waals surface area contributed by atoms with Gasteiger partial charge in [0.15, 0.2) is 5.82 Å². The van der Waals surface area contributed by atoms with E-state index in [-0.39, 0.29) is 0 Å². The zero-order valence-corrected chi connectivity index (χ0v) is 11.1. The minimum Gasteiger partial charge on any atom is -0.310 e. The van der Waals surface area contributed by atoms with Gasteiger partial charge in [-0.25, -0.2) is 4.68 Å². The van der Waals surface area contributed by atoms with E-state index >= 15 is 0 Å². The largest absolute Gasteiger partial charge is 0.310 e. The van der Waals surface area contributed by atoms with Crippen molar-refractivity contribution in [1.82, 2.24) is 25.5 Å². The Hall–Kier alpha value is -0.270. The molecule has 1 unspecified atom stereocenters. The van der Waals surface area contributed by atoms with Crippen LogP contribution in [0.5, 0.6) is 0 Å². The van der Waals surface area contributed by atoms with Crippen LogP contribution in [0.2, 0.25) is 0 Å². The Morgan fingerprint density at radius 3 is 3.19 bits per heavy atom. The highest BCUT2D eigenvalue weighted by atomic mass is 32.2. The maximum Gasteiger partial charge on any atom is 0.165 e. The highest BCUT2D eigenvalue weighted by Crippen LogP contribution is 2.25. The lowest BCUT2D eigenvalue weighted by atomic mass is 10.4. The van der Waals surface area contributed by atoms with Crippen molar-refractivity contribution in [3.05, 3.63) is 5.82 Å². The van der Waals surface area contributed by atoms with Crippen molar-refractivity contribution in [2.75, 3.05) is 23.8 Å². The first-order chi connectivity index (χ1) is 7.90. The van der Waals surface area contributed by atoms with Gasteiger partial charge in [-0.05, 0) is 17.0 Å². The van der Waals surface area contributed by atoms with Gasteiger partial charge in [-0.15, -0.1) is 5.10 Å². The number of thioether (sulfide) groups is 2. The molecular weight excluding hydrogens is 242 g/mol. The van der Waals surface area contributed by atoms with Crippen molar-refractivity contribution in [1.29, 1.82) is 0 Å². The molecule has 0 bridgehead atoms. The third-order valence-corrected chi connectivity index (χ3v) is 5.23. The molecule has 1 N–H and O–H groups in total. The molecule has 1 fully saturated rings. The fraction of sp³-hybridized carbons (Fsp3) is 0.889. The minimum atomic E-state index is 0.655. The number of tetrazole rings is 1. The average Bonchev–Trinajstić information content (AvgIpc) is 2.75. The molecule has 90 valence electrons. The normalized spacial score (nSPS) is 21.2. The summed E-state index contributed by atoms with van der Waals surface area (Å²) in [7, 11) is 0. The van der Waals surface area contributed by atoms with Crippen molar-refractivity contribution in [3.8, 4) is 0 Å². The van der Waals surface area contributed by atoms with E-state index in [4.69, 9.17) is 0 Å². The van der Waals surface area contributed by atoms with Gasteiger partial charge in [-0.3, -0.25) is 0 Å². The summed E-state index contributed by atoms with van der Waals surface area (Å²) in [6.45, 7) is 4.72. The van der Waals surface area contributed by atoms with E-state index in [9.17, 15) is 0 Å². The topological polar surface area (TPSA) is 55.6 Å². The van der Waals surface area contributed by atoms with Gasteiger partial charge < -0.3 is 5.32 Å². The lowest BCUT2D eigenvalue weighted by molar-refractivity contribution is 0.546. The Kier molecular flexibility index (Phi) is 4.92. The molecule has 5 nitrogen and oxygen atoms in total. The van der Waals surface area contributed by atoms with Gasteiger partial charge in [0.25, 0.3) is 0 Å². The summed E-state index contributed by atoms with van der Waals surface area (Å²) in [5.74, 6) is 4.68. The SMILES string of the molecule is CCNCc1nnnn1CC1CSCCS1. The summed E-state index contributed by atoms with van der Waals surface area (Å²) in [6, 6.07) is 0. The molecule has 2 heterocycles. The average molecular weight is 259 g/mol. The minimum absolute atomic E-state index is 0.655. The van der Waals surface area contributed by atoms with Crippen LogP contribution >= 0.6 is 23.5 Å². The van der Waals surface area contributed by atoms with Crippen LogP contribution in [0.3, 0.4) is 0 Å². The van der Waals surface area contributed by atoms with E-state index in [1.165, 1.54) is 17.3 Å². The maximum atomic E-state index is 4.06. The van der Waals surface area contributed by atoms with Crippen LogP contribution < -0.4 is 5.32 Å². The molecule has 0 amide bonds. The van der Waals surface area contributed by atoms with Gasteiger partial charge in [0, 0.05) is 22.5 Å². The summed E-state index contributed by atoms with van der Waals surface area (Å²) in [4.78, 5) is 0. The van der Waals surface area contributed by atoms with Gasteiger partial charge in [-0.1, -0.05) is 6.92 Å². The smallest absolute Gasteiger partial charge is 0.165 e. The second-order valence-corrected chi connectivity index (χ2v) is 6.18. The summed E-state index contributed by atoms with van der Waals surface area (Å²) >= 11 is 4.07. The van der Waals surface area contributed by atoms with Crippen LogP contribution in [0.4, 0.5) is 0 Å². The molecule has 7 heteroatoms. The van der Waals surface area contributed by atoms with Crippen LogP contribution in [0, 0.1) is 0 Å². The molecule has 0 saturated carbocycles. The predicted molar refractivity (Wildman–Crippen MR) is 68.8 cm³/mol. The van der Waals surface area contributed by atoms with Gasteiger partial charge in [-0.2, -0.15) is 23.5 Å². The number of hydrogen-bond acceptors (Lipinski definition) is 6. The van der Waals surface area contributed by atoms with Crippen LogP contribution in [0.15, 0.2) is 0 Å². The van der Waals surface area contributed by atoms with Gasteiger partial charge in [0.05, 0.1) is 13.1 Å². The van der Waals surface area contributed by atoms with E-state index in [1.54, 1.807) is 0 Å². The first kappa shape index (κ1) is 12.2. The summed E-state index contributed by atoms with van der Waals surface area (Å²) < 4.78 is 1.94. The molecule has 2 rings (SSSR count). The Balaban J connectivity index is 1.89. The quantitative estimate of drug-likeness (QED) is 0.837. The molecule has 0 spiro atoms. The Morgan fingerprint density at radius 2 is 2.44 bits per heavy atom. The van der Waals surface area contributed by atoms with Crippen molar-refractivity contribution < 1.29 is 0 Å². The zero-order chi connectivity index (χ0) is 11.2. The second-order valence-electron chi connectivity index (χ2n) is 3.63. The highest BCUT2D eigenvalue weighted by Gasteiger charge is 2.17. The lowest BCUT2D eigenvalue weighted by Crippen LogP contribution is -2.24. The predicted octanol–water partition coefficient (Wildman–Crippen LogP) is 0.631. The van der Waals surface area contributed by atoms with Crippen LogP contribution in [-0.2, 0) is 13.1 Å². The molecule has 1 aliphatic heterocycles. The first-order valence-electron chi connectivity index (χ1n) is 5.55. The molecule has 1 saturated heterocycles. The molecule has 1 aromatic rings. The van der Waals surface area contributed by atoms with E-state index in [2.05, 4.69) is 27.8 Å². The lowest BCUT2D eigenvalue weighted by Gasteiger charge is -2.20. The Bertz CT molecular complexity index is 311. The maximum absolute atomic E-state index is 4.06. The molecule has 1 aliphatic rings. The molecular formula is C9H17N5S2. The Morgan fingerprint density at radius 1 is 1.50 bits per heavy atom. The fourth-order valence-corrected chi connectivity index (χ4v) is 4.21. The third kappa shape index (κ3) is 3.36. The van der Waals surface area contributed by atoms with E-state index in [0.29, 0.717) is 5.25 Å². The number of hydrogen-bond donors (Lipinski definition) is 1. The molecule has 16 heavy (non-hydrogen) atoms. The van der Waals surface area contributed by atoms with Crippen molar-refractivity contribution in [2.45, 2.75) is 25.3 Å². The number of nitrogens with zero attached hydrogens (tertiary/aromatic N) is 4. The number of rotatable bonds is 5. The highest BCUT2D eigenvalue weighted by molar-refractivity contribution is 8.06. The van der Waals surface area contributed by atoms with Crippen molar-refractivity contribution >= 4 is 23.5 Å². The van der Waals surface area contributed by atoms with E-state index in [0.717, 1.165) is 25.5 Å². The molecule has 1 aromatic heterocycles. The summed E-state index contributed by atoms with van der Waals surface area (Å²) in [6.07, 6.45) is 0. The third-order valence-electron chi connectivity index (χ3n) is 2.40. The summed E-state index contributed by atoms with van der Waals surface area (Å²) in [5.41, 5.74) is 0. The Labute approximate surface area is 104 Å². The zero-order valence-electron chi connectivity index (χ0n) is 9.43. The monoisotopic (exact) mass is 259 g/mol. The van der Waals surface area contributed by atoms with Gasteiger partial charge in [0.1, 0.15) is 0 Å². The van der Waals surface area contributed by atoms with Crippen molar-refractivity contribution in [2.24, 2.45) is 0 Å². The fourth-order valence-electron chi connectivity index (χ4n) is 1.56. The van der Waals surface area contributed by atoms with Crippen LogP contribution in [-0.4, -0.2) is 49.3 Å². The van der Waals surface area contributed by atoms with Gasteiger partial charge >= 0.3 is 0 Å². The molecule has 0 aliphatic carbocycles. The second kappa shape index (κ2) is 6.46. The number of nitrogens with one attached hydrogen (secondary N) is 1. The number of aromatic nitrogens is 4. The van der Waals surface area contributed by atoms with Crippen molar-refractivity contribution in [3.63, 3.8) is 0 Å². The van der Waals surface area contributed by atoms with Crippen LogP contribution in [0.25, 0.3) is 0 Å². The molecule has 0 aromatic carbocycles. The van der Waals surface area contributed by atoms with Gasteiger partial charge in [0.2, 0.25) is 0 Å². The molecule has 0 radical (unpaired) electrons. The first-order valence-corrected chi connectivity index (χ1v) is 7.75. The standard InChI is InChI=1S/C9H17N5S2/c1-2-10-5-9-11-12-13-14(9)6-8-7-15-3-4-16-8/h8,10H,2-7H2,1H3. The van der Waals surface area contributed by atoms with Crippen LogP contribution in [0.1, 0.15) is 12.7 Å². The van der Waals surface area contributed by atoms with E-state index < -0.39 is 0 Å².